The van der Waals surface area contributed by atoms with Crippen LogP contribution in [-0.4, -0.2) is 39.3 Å². The molecule has 0 bridgehead atoms. The number of nitrogens with zero attached hydrogens (tertiary/aromatic N) is 1. The molecule has 158 valence electrons. The molecule has 0 saturated carbocycles. The summed E-state index contributed by atoms with van der Waals surface area (Å²) in [4.78, 5) is 11.9. The van der Waals surface area contributed by atoms with Gasteiger partial charge in [-0.3, -0.25) is 4.79 Å². The van der Waals surface area contributed by atoms with E-state index < -0.39 is 39.2 Å². The molecule has 12 heteroatoms. The van der Waals surface area contributed by atoms with Crippen molar-refractivity contribution in [3.63, 3.8) is 0 Å². The quantitative estimate of drug-likeness (QED) is 0.683. The Hall–Kier alpha value is -2.01. The molecule has 0 spiro atoms. The molecule has 2 rings (SSSR count). The van der Waals surface area contributed by atoms with Crippen molar-refractivity contribution in [1.29, 1.82) is 0 Å². The van der Waals surface area contributed by atoms with Gasteiger partial charge in [0, 0.05) is 17.8 Å². The number of hydrogen-bond acceptors (Lipinski definition) is 4. The van der Waals surface area contributed by atoms with Crippen molar-refractivity contribution in [1.82, 2.24) is 4.31 Å². The van der Waals surface area contributed by atoms with Crippen molar-refractivity contribution in [2.24, 2.45) is 0 Å². The van der Waals surface area contributed by atoms with Crippen molar-refractivity contribution < 1.29 is 31.1 Å². The summed E-state index contributed by atoms with van der Waals surface area (Å²) in [7, 11) is -1.76. The summed E-state index contributed by atoms with van der Waals surface area (Å²) in [6.45, 7) is -0.665. The highest BCUT2D eigenvalue weighted by Gasteiger charge is 2.33. The number of nitrogens with one attached hydrogen (secondary N) is 1. The Balaban J connectivity index is 2.20. The molecule has 0 heterocycles. The van der Waals surface area contributed by atoms with E-state index in [0.29, 0.717) is 6.07 Å². The van der Waals surface area contributed by atoms with E-state index in [1.807, 2.05) is 0 Å². The fourth-order valence-electron chi connectivity index (χ4n) is 2.33. The Morgan fingerprint density at radius 2 is 1.83 bits per heavy atom. The van der Waals surface area contributed by atoms with E-state index in [0.717, 1.165) is 17.4 Å². The van der Waals surface area contributed by atoms with Crippen molar-refractivity contribution >= 4 is 44.8 Å². The predicted octanol–water partition coefficient (Wildman–Crippen LogP) is 4.28. The van der Waals surface area contributed by atoms with Crippen LogP contribution in [0.25, 0.3) is 0 Å². The van der Waals surface area contributed by atoms with Gasteiger partial charge in [0.1, 0.15) is 10.6 Å². The number of likely N-dealkylation sites (N-methyl/N-ethyl adjacent to an activating group) is 1. The van der Waals surface area contributed by atoms with Crippen LogP contribution in [0.15, 0.2) is 41.3 Å². The lowest BCUT2D eigenvalue weighted by Gasteiger charge is -2.19. The first-order valence-electron chi connectivity index (χ1n) is 7.82. The Kier molecular flexibility index (Phi) is 7.05. The second-order valence-corrected chi connectivity index (χ2v) is 8.65. The van der Waals surface area contributed by atoms with Gasteiger partial charge in [0.05, 0.1) is 24.2 Å². The van der Waals surface area contributed by atoms with Crippen LogP contribution in [0.5, 0.6) is 5.75 Å². The molecule has 0 aromatic heterocycles. The van der Waals surface area contributed by atoms with E-state index in [2.05, 4.69) is 5.32 Å². The summed E-state index contributed by atoms with van der Waals surface area (Å²) in [5.41, 5.74) is -1.31. The molecule has 0 unspecified atom stereocenters. The summed E-state index contributed by atoms with van der Waals surface area (Å²) in [6, 6.07) is 6.77. The maximum Gasteiger partial charge on any atom is 0.417 e. The minimum atomic E-state index is -4.71. The van der Waals surface area contributed by atoms with Crippen LogP contribution < -0.4 is 10.1 Å². The third-order valence-electron chi connectivity index (χ3n) is 3.74. The van der Waals surface area contributed by atoms with Crippen molar-refractivity contribution in [3.05, 3.63) is 52.0 Å². The average molecular weight is 471 g/mol. The van der Waals surface area contributed by atoms with Crippen molar-refractivity contribution in [2.75, 3.05) is 26.0 Å². The summed E-state index contributed by atoms with van der Waals surface area (Å²) >= 11 is 11.4. The van der Waals surface area contributed by atoms with Crippen molar-refractivity contribution in [3.8, 4) is 5.75 Å². The lowest BCUT2D eigenvalue weighted by Crippen LogP contribution is -2.35. The summed E-state index contributed by atoms with van der Waals surface area (Å²) in [5.74, 6) is -0.832. The number of amides is 1. The molecule has 6 nitrogen and oxygen atoms in total. The Morgan fingerprint density at radius 1 is 1.17 bits per heavy atom. The van der Waals surface area contributed by atoms with Gasteiger partial charge in [-0.15, -0.1) is 0 Å². The largest absolute Gasteiger partial charge is 0.495 e. The monoisotopic (exact) mass is 470 g/mol. The number of benzene rings is 2. The number of methoxy groups -OCH3 is 1. The zero-order valence-corrected chi connectivity index (χ0v) is 17.4. The lowest BCUT2D eigenvalue weighted by molar-refractivity contribution is -0.137. The number of anilines is 1. The van der Waals surface area contributed by atoms with Gasteiger partial charge in [0.25, 0.3) is 0 Å². The van der Waals surface area contributed by atoms with E-state index in [-0.39, 0.29) is 21.4 Å². The van der Waals surface area contributed by atoms with Crippen LogP contribution in [0.3, 0.4) is 0 Å². The van der Waals surface area contributed by atoms with Crippen LogP contribution >= 0.6 is 23.2 Å². The molecular formula is C17H15Cl2F3N2O4S. The minimum absolute atomic E-state index is 0.0224. The first kappa shape index (κ1) is 23.3. The molecule has 2 aromatic rings. The number of alkyl halides is 3. The molecule has 2 aromatic carbocycles. The molecule has 0 aliphatic carbocycles. The maximum atomic E-state index is 12.9. The Bertz CT molecular complexity index is 1030. The lowest BCUT2D eigenvalue weighted by atomic mass is 10.2. The van der Waals surface area contributed by atoms with Crippen molar-refractivity contribution in [2.45, 2.75) is 11.1 Å². The van der Waals surface area contributed by atoms with Gasteiger partial charge < -0.3 is 10.1 Å². The van der Waals surface area contributed by atoms with E-state index in [4.69, 9.17) is 27.9 Å². The van der Waals surface area contributed by atoms with Gasteiger partial charge in [0.2, 0.25) is 15.9 Å². The maximum absolute atomic E-state index is 12.9. The zero-order valence-electron chi connectivity index (χ0n) is 15.0. The molecule has 1 amide bonds. The molecule has 0 radical (unpaired) electrons. The minimum Gasteiger partial charge on any atom is -0.495 e. The van der Waals surface area contributed by atoms with Crippen LogP contribution in [0.4, 0.5) is 18.9 Å². The normalized spacial score (nSPS) is 12.1. The van der Waals surface area contributed by atoms with Gasteiger partial charge in [-0.25, -0.2) is 8.42 Å². The Labute approximate surface area is 175 Å². The SMILES string of the molecule is COc1ccc(Cl)cc1S(=O)(=O)N(C)CC(=O)Nc1ccc(Cl)c(C(F)(F)F)c1. The van der Waals surface area contributed by atoms with Crippen LogP contribution in [0.1, 0.15) is 5.56 Å². The fourth-order valence-corrected chi connectivity index (χ4v) is 4.09. The third-order valence-corrected chi connectivity index (χ3v) is 6.12. The zero-order chi connectivity index (χ0) is 22.0. The smallest absolute Gasteiger partial charge is 0.417 e. The van der Waals surface area contributed by atoms with Crippen LogP contribution in [-0.2, 0) is 21.0 Å². The molecule has 0 aliphatic rings. The first-order chi connectivity index (χ1) is 13.4. The summed E-state index contributed by atoms with van der Waals surface area (Å²) < 4.78 is 69.9. The number of ether oxygens (including phenoxy) is 1. The highest BCUT2D eigenvalue weighted by Crippen LogP contribution is 2.36. The first-order valence-corrected chi connectivity index (χ1v) is 10.0. The van der Waals surface area contributed by atoms with E-state index in [1.165, 1.54) is 31.4 Å². The van der Waals surface area contributed by atoms with Crippen LogP contribution in [0, 0.1) is 0 Å². The van der Waals surface area contributed by atoms with E-state index in [9.17, 15) is 26.4 Å². The number of halogens is 5. The number of hydrogen-bond donors (Lipinski definition) is 1. The van der Waals surface area contributed by atoms with E-state index in [1.54, 1.807) is 0 Å². The predicted molar refractivity (Wildman–Crippen MR) is 103 cm³/mol. The molecule has 0 fully saturated rings. The average Bonchev–Trinajstić information content (AvgIpc) is 2.62. The highest BCUT2D eigenvalue weighted by molar-refractivity contribution is 7.89. The third kappa shape index (κ3) is 5.53. The van der Waals surface area contributed by atoms with E-state index >= 15 is 0 Å². The van der Waals surface area contributed by atoms with Gasteiger partial charge in [-0.05, 0) is 36.4 Å². The molecule has 0 aliphatic heterocycles. The molecule has 0 atom stereocenters. The number of carbonyl (C=O) groups excluding carboxylic acids is 1. The number of carbonyl (C=O) groups is 1. The topological polar surface area (TPSA) is 75.7 Å². The summed E-state index contributed by atoms with van der Waals surface area (Å²) in [5, 5.41) is 1.83. The molecule has 1 N–H and O–H groups in total. The summed E-state index contributed by atoms with van der Waals surface area (Å²) in [6.07, 6.45) is -4.71. The molecule has 0 saturated heterocycles. The second-order valence-electron chi connectivity index (χ2n) is 5.80. The number of sulfonamides is 1. The Morgan fingerprint density at radius 3 is 2.41 bits per heavy atom. The molecule has 29 heavy (non-hydrogen) atoms. The van der Waals surface area contributed by atoms with Gasteiger partial charge >= 0.3 is 6.18 Å². The van der Waals surface area contributed by atoms with Gasteiger partial charge in [-0.1, -0.05) is 23.2 Å². The molecular weight excluding hydrogens is 456 g/mol. The van der Waals surface area contributed by atoms with Gasteiger partial charge in [-0.2, -0.15) is 17.5 Å². The second kappa shape index (κ2) is 8.78. The fraction of sp³-hybridized carbons (Fsp3) is 0.235. The standard InChI is InChI=1S/C17H15Cl2F3N2O4S/c1-24(29(26,27)15-7-10(18)3-6-14(15)28-2)9-16(25)23-11-4-5-13(19)12(8-11)17(20,21)22/h3-8H,9H2,1-2H3,(H,23,25). The van der Waals surface area contributed by atoms with Crippen LogP contribution in [0.2, 0.25) is 10.0 Å². The number of rotatable bonds is 6. The highest BCUT2D eigenvalue weighted by atomic mass is 35.5. The van der Waals surface area contributed by atoms with Gasteiger partial charge in [0.15, 0.2) is 0 Å².